The summed E-state index contributed by atoms with van der Waals surface area (Å²) in [7, 11) is 2.05. The number of azo groups is 2. The van der Waals surface area contributed by atoms with Crippen molar-refractivity contribution in [2.75, 3.05) is 18.5 Å². The Balaban J connectivity index is 1.43. The average Bonchev–Trinajstić information content (AvgIpc) is 3.34. The molecule has 0 saturated carbocycles. The van der Waals surface area contributed by atoms with Gasteiger partial charge in [-0.25, -0.2) is 4.98 Å². The van der Waals surface area contributed by atoms with Crippen LogP contribution in [0.15, 0.2) is 75.1 Å². The van der Waals surface area contributed by atoms with Crippen molar-refractivity contribution in [2.45, 2.75) is 13.8 Å². The van der Waals surface area contributed by atoms with E-state index in [1.807, 2.05) is 30.3 Å². The molecule has 4 rings (SSSR count). The van der Waals surface area contributed by atoms with Crippen molar-refractivity contribution < 1.29 is 4.79 Å². The SMILES string of the molecule is CCN(C)c1ccc(N=Nc2nc3sc(N=Nc4ccc(C(C)=O)cc4)cc3s2)cc1. The van der Waals surface area contributed by atoms with E-state index in [0.29, 0.717) is 16.4 Å². The summed E-state index contributed by atoms with van der Waals surface area (Å²) in [5.41, 5.74) is 3.29. The summed E-state index contributed by atoms with van der Waals surface area (Å²) >= 11 is 2.92. The van der Waals surface area contributed by atoms with Gasteiger partial charge in [-0.3, -0.25) is 4.79 Å². The van der Waals surface area contributed by atoms with Gasteiger partial charge in [-0.1, -0.05) is 22.7 Å². The number of carbonyl (C=O) groups excluding carboxylic acids is 1. The van der Waals surface area contributed by atoms with Crippen LogP contribution in [0.5, 0.6) is 0 Å². The van der Waals surface area contributed by atoms with Crippen molar-refractivity contribution in [3.8, 4) is 0 Å². The first kappa shape index (κ1) is 21.0. The molecular formula is C22H20N6OS2. The van der Waals surface area contributed by atoms with E-state index >= 15 is 0 Å². The lowest BCUT2D eigenvalue weighted by Crippen LogP contribution is -2.15. The van der Waals surface area contributed by atoms with Gasteiger partial charge in [-0.05, 0) is 68.4 Å². The van der Waals surface area contributed by atoms with E-state index in [1.54, 1.807) is 24.3 Å². The number of rotatable bonds is 7. The molecular weight excluding hydrogens is 428 g/mol. The van der Waals surface area contributed by atoms with Crippen molar-refractivity contribution in [2.24, 2.45) is 20.5 Å². The topological polar surface area (TPSA) is 82.6 Å². The summed E-state index contributed by atoms with van der Waals surface area (Å²) in [5.74, 6) is 0.0297. The molecule has 31 heavy (non-hydrogen) atoms. The standard InChI is InChI=1S/C22H20N6OS2/c1-4-28(3)18-11-9-17(10-12-18)25-27-22-23-21-19(30-22)13-20(31-21)26-24-16-7-5-15(6-8-16)14(2)29/h5-13H,4H2,1-3H3. The summed E-state index contributed by atoms with van der Waals surface area (Å²) in [6.45, 7) is 4.60. The van der Waals surface area contributed by atoms with E-state index in [0.717, 1.165) is 32.5 Å². The van der Waals surface area contributed by atoms with Crippen LogP contribution in [0, 0.1) is 0 Å². The van der Waals surface area contributed by atoms with Crippen LogP contribution < -0.4 is 4.90 Å². The molecule has 7 nitrogen and oxygen atoms in total. The Morgan fingerprint density at radius 1 is 0.935 bits per heavy atom. The summed E-state index contributed by atoms with van der Waals surface area (Å²) in [6, 6.07) is 17.0. The van der Waals surface area contributed by atoms with Gasteiger partial charge in [0.15, 0.2) is 5.78 Å². The first-order chi connectivity index (χ1) is 15.0. The molecule has 0 spiro atoms. The number of fused-ring (bicyclic) bond motifs is 1. The molecule has 2 heterocycles. The molecule has 156 valence electrons. The lowest BCUT2D eigenvalue weighted by atomic mass is 10.1. The van der Waals surface area contributed by atoms with E-state index in [9.17, 15) is 4.79 Å². The van der Waals surface area contributed by atoms with Gasteiger partial charge in [0.05, 0.1) is 16.1 Å². The molecule has 0 saturated heterocycles. The Morgan fingerprint density at radius 2 is 1.58 bits per heavy atom. The third-order valence-electron chi connectivity index (χ3n) is 4.62. The molecule has 0 unspecified atom stereocenters. The maximum absolute atomic E-state index is 11.3. The Labute approximate surface area is 187 Å². The number of hydrogen-bond acceptors (Lipinski definition) is 9. The normalized spacial score (nSPS) is 11.7. The molecule has 0 aliphatic heterocycles. The number of nitrogens with zero attached hydrogens (tertiary/aromatic N) is 6. The van der Waals surface area contributed by atoms with Gasteiger partial charge in [0.2, 0.25) is 5.13 Å². The van der Waals surface area contributed by atoms with Crippen molar-refractivity contribution in [1.29, 1.82) is 0 Å². The second-order valence-electron chi connectivity index (χ2n) is 6.78. The van der Waals surface area contributed by atoms with Crippen molar-refractivity contribution >= 4 is 65.2 Å². The quantitative estimate of drug-likeness (QED) is 0.213. The summed E-state index contributed by atoms with van der Waals surface area (Å²) in [4.78, 5) is 18.9. The summed E-state index contributed by atoms with van der Waals surface area (Å²) in [6.07, 6.45) is 0. The first-order valence-electron chi connectivity index (χ1n) is 9.68. The lowest BCUT2D eigenvalue weighted by Gasteiger charge is -2.16. The minimum absolute atomic E-state index is 0.0297. The molecule has 2 aromatic heterocycles. The summed E-state index contributed by atoms with van der Waals surface area (Å²) < 4.78 is 1.000. The van der Waals surface area contributed by atoms with E-state index in [4.69, 9.17) is 0 Å². The van der Waals surface area contributed by atoms with E-state index in [2.05, 4.69) is 44.3 Å². The van der Waals surface area contributed by atoms with Crippen molar-refractivity contribution in [3.63, 3.8) is 0 Å². The van der Waals surface area contributed by atoms with Crippen LogP contribution in [-0.2, 0) is 0 Å². The number of ketones is 1. The Kier molecular flexibility index (Phi) is 6.24. The van der Waals surface area contributed by atoms with Gasteiger partial charge in [0.1, 0.15) is 9.83 Å². The van der Waals surface area contributed by atoms with Gasteiger partial charge < -0.3 is 4.90 Å². The molecule has 0 aliphatic rings. The highest BCUT2D eigenvalue weighted by Gasteiger charge is 2.08. The fraction of sp³-hybridized carbons (Fsp3) is 0.182. The Hall–Kier alpha value is -3.30. The van der Waals surface area contributed by atoms with Crippen molar-refractivity contribution in [3.05, 3.63) is 60.2 Å². The molecule has 0 radical (unpaired) electrons. The molecule has 0 amide bonds. The van der Waals surface area contributed by atoms with Crippen LogP contribution in [0.3, 0.4) is 0 Å². The van der Waals surface area contributed by atoms with Gasteiger partial charge in [-0.2, -0.15) is 0 Å². The molecule has 0 fully saturated rings. The number of aromatic nitrogens is 1. The monoisotopic (exact) mass is 448 g/mol. The van der Waals surface area contributed by atoms with Crippen LogP contribution in [0.4, 0.5) is 27.2 Å². The number of benzene rings is 2. The predicted molar refractivity (Wildman–Crippen MR) is 128 cm³/mol. The number of Topliss-reactive ketones (excluding diaryl/α,β-unsaturated/α-hetero) is 1. The minimum atomic E-state index is 0.0297. The van der Waals surface area contributed by atoms with Gasteiger partial charge in [-0.15, -0.1) is 20.5 Å². The minimum Gasteiger partial charge on any atom is -0.375 e. The number of carbonyl (C=O) groups is 1. The third kappa shape index (κ3) is 5.07. The Bertz CT molecular complexity index is 1220. The average molecular weight is 449 g/mol. The second kappa shape index (κ2) is 9.23. The molecule has 0 aliphatic carbocycles. The lowest BCUT2D eigenvalue weighted by molar-refractivity contribution is 0.101. The molecule has 0 atom stereocenters. The fourth-order valence-electron chi connectivity index (χ4n) is 2.73. The van der Waals surface area contributed by atoms with E-state index in [1.165, 1.54) is 29.6 Å². The number of thiazole rings is 1. The Morgan fingerprint density at radius 3 is 2.19 bits per heavy atom. The first-order valence-corrected chi connectivity index (χ1v) is 11.3. The number of thiophene rings is 1. The molecule has 4 aromatic rings. The van der Waals surface area contributed by atoms with Gasteiger partial charge in [0.25, 0.3) is 0 Å². The van der Waals surface area contributed by atoms with Crippen LogP contribution in [-0.4, -0.2) is 24.4 Å². The molecule has 9 heteroatoms. The highest BCUT2D eigenvalue weighted by molar-refractivity contribution is 7.30. The smallest absolute Gasteiger partial charge is 0.231 e. The number of anilines is 1. The zero-order valence-electron chi connectivity index (χ0n) is 17.3. The molecule has 2 aromatic carbocycles. The highest BCUT2D eigenvalue weighted by Crippen LogP contribution is 2.39. The zero-order valence-corrected chi connectivity index (χ0v) is 18.9. The maximum atomic E-state index is 11.3. The molecule has 0 N–H and O–H groups in total. The largest absolute Gasteiger partial charge is 0.375 e. The zero-order chi connectivity index (χ0) is 21.8. The van der Waals surface area contributed by atoms with Crippen LogP contribution in [0.25, 0.3) is 9.53 Å². The maximum Gasteiger partial charge on any atom is 0.231 e. The third-order valence-corrected chi connectivity index (χ3v) is 6.55. The summed E-state index contributed by atoms with van der Waals surface area (Å²) in [5, 5.41) is 18.4. The van der Waals surface area contributed by atoms with E-state index < -0.39 is 0 Å². The van der Waals surface area contributed by atoms with Crippen LogP contribution in [0.2, 0.25) is 0 Å². The van der Waals surface area contributed by atoms with Gasteiger partial charge in [0, 0.05) is 24.8 Å². The number of hydrogen-bond donors (Lipinski definition) is 0. The predicted octanol–water partition coefficient (Wildman–Crippen LogP) is 7.85. The van der Waals surface area contributed by atoms with Crippen LogP contribution >= 0.6 is 22.7 Å². The second-order valence-corrected chi connectivity index (χ2v) is 8.80. The van der Waals surface area contributed by atoms with Crippen LogP contribution in [0.1, 0.15) is 24.2 Å². The molecule has 0 bridgehead atoms. The van der Waals surface area contributed by atoms with Gasteiger partial charge >= 0.3 is 0 Å². The fourth-order valence-corrected chi connectivity index (χ4v) is 4.58. The highest BCUT2D eigenvalue weighted by atomic mass is 32.1. The van der Waals surface area contributed by atoms with Crippen molar-refractivity contribution in [1.82, 2.24) is 4.98 Å². The van der Waals surface area contributed by atoms with E-state index in [-0.39, 0.29) is 5.78 Å².